The Kier molecular flexibility index (Phi) is 4.78. The minimum atomic E-state index is 0.120. The molecule has 0 spiro atoms. The molecule has 6 heteroatoms. The zero-order valence-corrected chi connectivity index (χ0v) is 15.9. The number of para-hydroxylation sites is 1. The number of aromatic amines is 1. The molecular weight excluding hydrogens is 346 g/mol. The van der Waals surface area contributed by atoms with E-state index in [4.69, 9.17) is 9.72 Å². The highest BCUT2D eigenvalue weighted by molar-refractivity contribution is 7.14. The average molecular weight is 369 g/mol. The number of thiophene rings is 1. The standard InChI is InChI=1S/C20H23N3O2S/c1-13-5-3-7-16-18(13)22-19(21-16)14-6-4-10-23(11-14)20(24)17-9-8-15(26-17)12-25-2/h3,5,7-9,14H,4,6,10-12H2,1-2H3,(H,21,22). The molecule has 5 nitrogen and oxygen atoms in total. The lowest BCUT2D eigenvalue weighted by atomic mass is 9.97. The predicted octanol–water partition coefficient (Wildman–Crippen LogP) is 4.10. The van der Waals surface area contributed by atoms with Crippen LogP contribution in [-0.4, -0.2) is 41.0 Å². The number of aromatic nitrogens is 2. The fraction of sp³-hybridized carbons (Fsp3) is 0.400. The number of carbonyl (C=O) groups excluding carboxylic acids is 1. The second kappa shape index (κ2) is 7.21. The largest absolute Gasteiger partial charge is 0.379 e. The van der Waals surface area contributed by atoms with Gasteiger partial charge in [-0.1, -0.05) is 12.1 Å². The molecule has 1 aliphatic rings. The Morgan fingerprint density at radius 2 is 2.27 bits per heavy atom. The molecule has 1 unspecified atom stereocenters. The van der Waals surface area contributed by atoms with E-state index < -0.39 is 0 Å². The summed E-state index contributed by atoms with van der Waals surface area (Å²) in [6.07, 6.45) is 2.06. The molecule has 3 aromatic rings. The van der Waals surface area contributed by atoms with Crippen molar-refractivity contribution in [3.05, 3.63) is 51.5 Å². The van der Waals surface area contributed by atoms with Gasteiger partial charge in [0.15, 0.2) is 0 Å². The van der Waals surface area contributed by atoms with Gasteiger partial charge in [0.05, 0.1) is 22.5 Å². The van der Waals surface area contributed by atoms with E-state index in [0.29, 0.717) is 6.61 Å². The number of benzene rings is 1. The monoisotopic (exact) mass is 369 g/mol. The first-order valence-electron chi connectivity index (χ1n) is 8.98. The molecule has 1 amide bonds. The molecule has 1 N–H and O–H groups in total. The third-order valence-electron chi connectivity index (χ3n) is 4.99. The Hall–Kier alpha value is -2.18. The van der Waals surface area contributed by atoms with Gasteiger partial charge >= 0.3 is 0 Å². The Labute approximate surface area is 157 Å². The van der Waals surface area contributed by atoms with Crippen molar-refractivity contribution >= 4 is 28.3 Å². The summed E-state index contributed by atoms with van der Waals surface area (Å²) in [4.78, 5) is 25.0. The smallest absolute Gasteiger partial charge is 0.263 e. The Morgan fingerprint density at radius 1 is 1.38 bits per heavy atom. The molecule has 4 rings (SSSR count). The minimum Gasteiger partial charge on any atom is -0.379 e. The summed E-state index contributed by atoms with van der Waals surface area (Å²) < 4.78 is 5.15. The van der Waals surface area contributed by atoms with Gasteiger partial charge in [0, 0.05) is 31.0 Å². The van der Waals surface area contributed by atoms with E-state index >= 15 is 0 Å². The topological polar surface area (TPSA) is 58.2 Å². The minimum absolute atomic E-state index is 0.120. The number of nitrogens with one attached hydrogen (secondary N) is 1. The number of hydrogen-bond acceptors (Lipinski definition) is 4. The number of imidazole rings is 1. The van der Waals surface area contributed by atoms with Gasteiger partial charge in [0.2, 0.25) is 0 Å². The van der Waals surface area contributed by atoms with Crippen molar-refractivity contribution in [1.82, 2.24) is 14.9 Å². The lowest BCUT2D eigenvalue weighted by Crippen LogP contribution is -2.39. The number of carbonyl (C=O) groups is 1. The number of rotatable bonds is 4. The maximum atomic E-state index is 12.9. The van der Waals surface area contributed by atoms with Crippen molar-refractivity contribution in [1.29, 1.82) is 0 Å². The van der Waals surface area contributed by atoms with Crippen LogP contribution in [0.1, 0.15) is 44.7 Å². The van der Waals surface area contributed by atoms with Gasteiger partial charge in [0.25, 0.3) is 5.91 Å². The van der Waals surface area contributed by atoms with Crippen molar-refractivity contribution in [3.63, 3.8) is 0 Å². The van der Waals surface area contributed by atoms with Crippen LogP contribution in [0.3, 0.4) is 0 Å². The lowest BCUT2D eigenvalue weighted by molar-refractivity contribution is 0.0710. The summed E-state index contributed by atoms with van der Waals surface area (Å²) in [7, 11) is 1.67. The summed E-state index contributed by atoms with van der Waals surface area (Å²) in [6, 6.07) is 10.1. The molecule has 1 saturated heterocycles. The molecule has 0 radical (unpaired) electrons. The van der Waals surface area contributed by atoms with Crippen LogP contribution in [-0.2, 0) is 11.3 Å². The first kappa shape index (κ1) is 17.2. The van der Waals surface area contributed by atoms with Gasteiger partial charge in [-0.15, -0.1) is 11.3 Å². The predicted molar refractivity (Wildman–Crippen MR) is 104 cm³/mol. The van der Waals surface area contributed by atoms with Crippen LogP contribution < -0.4 is 0 Å². The second-order valence-corrected chi connectivity index (χ2v) is 8.05. The Balaban J connectivity index is 1.52. The number of hydrogen-bond donors (Lipinski definition) is 1. The quantitative estimate of drug-likeness (QED) is 0.753. The summed E-state index contributed by atoms with van der Waals surface area (Å²) >= 11 is 1.52. The molecule has 1 aromatic carbocycles. The van der Waals surface area contributed by atoms with Gasteiger partial charge in [-0.05, 0) is 43.5 Å². The molecule has 0 bridgehead atoms. The van der Waals surface area contributed by atoms with Gasteiger partial charge < -0.3 is 14.6 Å². The fourth-order valence-corrected chi connectivity index (χ4v) is 4.59. The van der Waals surface area contributed by atoms with Crippen molar-refractivity contribution < 1.29 is 9.53 Å². The van der Waals surface area contributed by atoms with Crippen LogP contribution in [0.25, 0.3) is 11.0 Å². The number of piperidine rings is 1. The zero-order chi connectivity index (χ0) is 18.1. The van der Waals surface area contributed by atoms with E-state index in [1.54, 1.807) is 7.11 Å². The van der Waals surface area contributed by atoms with Crippen molar-refractivity contribution in [3.8, 4) is 0 Å². The Morgan fingerprint density at radius 3 is 3.08 bits per heavy atom. The first-order valence-corrected chi connectivity index (χ1v) is 9.79. The summed E-state index contributed by atoms with van der Waals surface area (Å²) in [5, 5.41) is 0. The molecule has 3 heterocycles. The number of aryl methyl sites for hydroxylation is 1. The van der Waals surface area contributed by atoms with Gasteiger partial charge in [-0.3, -0.25) is 4.79 Å². The number of fused-ring (bicyclic) bond motifs is 1. The number of likely N-dealkylation sites (tertiary alicyclic amines) is 1. The zero-order valence-electron chi connectivity index (χ0n) is 15.1. The second-order valence-electron chi connectivity index (χ2n) is 6.88. The third-order valence-corrected chi connectivity index (χ3v) is 6.03. The third kappa shape index (κ3) is 3.27. The summed E-state index contributed by atoms with van der Waals surface area (Å²) in [5.74, 6) is 1.38. The van der Waals surface area contributed by atoms with Gasteiger partial charge in [-0.25, -0.2) is 4.98 Å². The molecule has 1 fully saturated rings. The highest BCUT2D eigenvalue weighted by atomic mass is 32.1. The molecule has 0 aliphatic carbocycles. The number of ether oxygens (including phenoxy) is 1. The molecular formula is C20H23N3O2S. The summed E-state index contributed by atoms with van der Waals surface area (Å²) in [5.41, 5.74) is 3.29. The molecule has 2 aromatic heterocycles. The molecule has 1 atom stereocenters. The van der Waals surface area contributed by atoms with Gasteiger partial charge in [-0.2, -0.15) is 0 Å². The van der Waals surface area contributed by atoms with E-state index in [1.165, 1.54) is 16.9 Å². The van der Waals surface area contributed by atoms with E-state index in [2.05, 4.69) is 24.0 Å². The lowest BCUT2D eigenvalue weighted by Gasteiger charge is -2.31. The SMILES string of the molecule is COCc1ccc(C(=O)N2CCCC(c3nc4c(C)cccc4[nH]3)C2)s1. The van der Waals surface area contributed by atoms with E-state index in [0.717, 1.165) is 52.5 Å². The molecule has 0 saturated carbocycles. The van der Waals surface area contributed by atoms with E-state index in [9.17, 15) is 4.79 Å². The molecule has 1 aliphatic heterocycles. The maximum absolute atomic E-state index is 12.9. The summed E-state index contributed by atoms with van der Waals surface area (Å²) in [6.45, 7) is 4.16. The van der Waals surface area contributed by atoms with Crippen LogP contribution in [0.5, 0.6) is 0 Å². The highest BCUT2D eigenvalue weighted by Crippen LogP contribution is 2.29. The van der Waals surface area contributed by atoms with Crippen molar-refractivity contribution in [2.75, 3.05) is 20.2 Å². The van der Waals surface area contributed by atoms with E-state index in [-0.39, 0.29) is 11.8 Å². The van der Waals surface area contributed by atoms with Gasteiger partial charge in [0.1, 0.15) is 5.82 Å². The normalized spacial score (nSPS) is 17.8. The first-order chi connectivity index (χ1) is 12.7. The van der Waals surface area contributed by atoms with Crippen LogP contribution in [0.4, 0.5) is 0 Å². The van der Waals surface area contributed by atoms with Crippen LogP contribution in [0.2, 0.25) is 0 Å². The molecule has 26 heavy (non-hydrogen) atoms. The fourth-order valence-electron chi connectivity index (χ4n) is 3.64. The van der Waals surface area contributed by atoms with Crippen molar-refractivity contribution in [2.24, 2.45) is 0 Å². The molecule has 136 valence electrons. The Bertz CT molecular complexity index is 930. The number of nitrogens with zero attached hydrogens (tertiary/aromatic N) is 2. The number of H-pyrrole nitrogens is 1. The average Bonchev–Trinajstić information content (AvgIpc) is 3.29. The van der Waals surface area contributed by atoms with Crippen LogP contribution >= 0.6 is 11.3 Å². The maximum Gasteiger partial charge on any atom is 0.263 e. The highest BCUT2D eigenvalue weighted by Gasteiger charge is 2.28. The van der Waals surface area contributed by atoms with Crippen LogP contribution in [0.15, 0.2) is 30.3 Å². The number of amides is 1. The van der Waals surface area contributed by atoms with Crippen molar-refractivity contribution in [2.45, 2.75) is 32.3 Å². The van der Waals surface area contributed by atoms with Crippen LogP contribution in [0, 0.1) is 6.92 Å². The number of methoxy groups -OCH3 is 1. The van der Waals surface area contributed by atoms with E-state index in [1.807, 2.05) is 23.1 Å².